The number of H-pyrrole nitrogens is 1. The Morgan fingerprint density at radius 2 is 2.04 bits per heavy atom. The Hall–Kier alpha value is -2.54. The van der Waals surface area contributed by atoms with Crippen molar-refractivity contribution in [2.24, 2.45) is 0 Å². The second kappa shape index (κ2) is 8.02. The van der Waals surface area contributed by atoms with Crippen LogP contribution in [0.25, 0.3) is 0 Å². The summed E-state index contributed by atoms with van der Waals surface area (Å²) in [5, 5.41) is 3.55. The summed E-state index contributed by atoms with van der Waals surface area (Å²) in [7, 11) is 1.68. The van der Waals surface area contributed by atoms with Crippen LogP contribution in [0.15, 0.2) is 35.1 Å². The van der Waals surface area contributed by atoms with Crippen LogP contribution in [-0.4, -0.2) is 42.8 Å². The van der Waals surface area contributed by atoms with E-state index in [-0.39, 0.29) is 11.4 Å². The number of hydrogen-bond acceptors (Lipinski definition) is 6. The SMILES string of the molecule is COc1ccc(N2CCC(NCCc3nc(N)cc(=O)[nH]3)CC2)cc1. The van der Waals surface area contributed by atoms with Crippen molar-refractivity contribution in [3.05, 3.63) is 46.5 Å². The van der Waals surface area contributed by atoms with Crippen LogP contribution in [0.2, 0.25) is 0 Å². The minimum Gasteiger partial charge on any atom is -0.497 e. The molecule has 25 heavy (non-hydrogen) atoms. The molecule has 0 atom stereocenters. The summed E-state index contributed by atoms with van der Waals surface area (Å²) < 4.78 is 5.21. The molecule has 0 amide bonds. The van der Waals surface area contributed by atoms with E-state index in [2.05, 4.69) is 32.3 Å². The third-order valence-electron chi connectivity index (χ3n) is 4.54. The zero-order chi connectivity index (χ0) is 17.6. The van der Waals surface area contributed by atoms with Gasteiger partial charge in [-0.3, -0.25) is 4.79 Å². The lowest BCUT2D eigenvalue weighted by Crippen LogP contribution is -2.43. The predicted octanol–water partition coefficient (Wildman–Crippen LogP) is 1.16. The first-order valence-corrected chi connectivity index (χ1v) is 8.62. The minimum absolute atomic E-state index is 0.199. The Morgan fingerprint density at radius 3 is 2.68 bits per heavy atom. The maximum absolute atomic E-state index is 11.4. The quantitative estimate of drug-likeness (QED) is 0.728. The van der Waals surface area contributed by atoms with Crippen LogP contribution < -0.4 is 26.2 Å². The number of aromatic nitrogens is 2. The van der Waals surface area contributed by atoms with E-state index in [0.717, 1.165) is 38.2 Å². The van der Waals surface area contributed by atoms with Crippen molar-refractivity contribution in [1.29, 1.82) is 0 Å². The molecule has 2 heterocycles. The van der Waals surface area contributed by atoms with Gasteiger partial charge in [-0.15, -0.1) is 0 Å². The highest BCUT2D eigenvalue weighted by Crippen LogP contribution is 2.22. The number of aromatic amines is 1. The van der Waals surface area contributed by atoms with Crippen LogP contribution in [0, 0.1) is 0 Å². The van der Waals surface area contributed by atoms with Crippen molar-refractivity contribution in [3.8, 4) is 5.75 Å². The number of nitrogens with one attached hydrogen (secondary N) is 2. The fourth-order valence-corrected chi connectivity index (χ4v) is 3.18. The monoisotopic (exact) mass is 343 g/mol. The number of nitrogens with zero attached hydrogens (tertiary/aromatic N) is 2. The number of nitrogens with two attached hydrogens (primary N) is 1. The van der Waals surface area contributed by atoms with Gasteiger partial charge in [-0.05, 0) is 37.1 Å². The Kier molecular flexibility index (Phi) is 5.55. The van der Waals surface area contributed by atoms with Gasteiger partial charge in [0.1, 0.15) is 17.4 Å². The van der Waals surface area contributed by atoms with Gasteiger partial charge in [-0.25, -0.2) is 4.98 Å². The highest BCUT2D eigenvalue weighted by molar-refractivity contribution is 5.49. The Labute approximate surface area is 147 Å². The predicted molar refractivity (Wildman–Crippen MR) is 99.2 cm³/mol. The van der Waals surface area contributed by atoms with Crippen molar-refractivity contribution in [2.45, 2.75) is 25.3 Å². The molecule has 0 bridgehead atoms. The first kappa shape index (κ1) is 17.3. The van der Waals surface area contributed by atoms with Gasteiger partial charge in [-0.1, -0.05) is 0 Å². The molecule has 1 aromatic carbocycles. The third-order valence-corrected chi connectivity index (χ3v) is 4.54. The number of anilines is 2. The van der Waals surface area contributed by atoms with Crippen LogP contribution >= 0.6 is 0 Å². The molecule has 1 aliphatic rings. The Balaban J connectivity index is 1.43. The second-order valence-electron chi connectivity index (χ2n) is 6.28. The van der Waals surface area contributed by atoms with Crippen LogP contribution in [0.1, 0.15) is 18.7 Å². The molecule has 1 aliphatic heterocycles. The van der Waals surface area contributed by atoms with Gasteiger partial charge in [0, 0.05) is 43.9 Å². The van der Waals surface area contributed by atoms with E-state index in [1.54, 1.807) is 7.11 Å². The van der Waals surface area contributed by atoms with Gasteiger partial charge in [0.25, 0.3) is 5.56 Å². The number of rotatable bonds is 6. The molecule has 7 nitrogen and oxygen atoms in total. The van der Waals surface area contributed by atoms with Gasteiger partial charge in [-0.2, -0.15) is 0 Å². The molecular weight excluding hydrogens is 318 g/mol. The molecule has 3 rings (SSSR count). The van der Waals surface area contributed by atoms with Crippen LogP contribution in [0.5, 0.6) is 5.75 Å². The smallest absolute Gasteiger partial charge is 0.252 e. The number of hydrogen-bond donors (Lipinski definition) is 3. The second-order valence-corrected chi connectivity index (χ2v) is 6.28. The van der Waals surface area contributed by atoms with Gasteiger partial charge >= 0.3 is 0 Å². The van der Waals surface area contributed by atoms with E-state index >= 15 is 0 Å². The summed E-state index contributed by atoms with van der Waals surface area (Å²) >= 11 is 0. The molecule has 7 heteroatoms. The summed E-state index contributed by atoms with van der Waals surface area (Å²) in [5.41, 5.74) is 6.64. The van der Waals surface area contributed by atoms with E-state index in [4.69, 9.17) is 10.5 Å². The molecule has 1 aromatic heterocycles. The molecular formula is C18H25N5O2. The van der Waals surface area contributed by atoms with Crippen molar-refractivity contribution in [3.63, 3.8) is 0 Å². The summed E-state index contributed by atoms with van der Waals surface area (Å²) in [6.45, 7) is 2.83. The van der Waals surface area contributed by atoms with E-state index in [0.29, 0.717) is 18.3 Å². The maximum atomic E-state index is 11.4. The summed E-state index contributed by atoms with van der Waals surface area (Å²) in [6, 6.07) is 9.99. The lowest BCUT2D eigenvalue weighted by molar-refractivity contribution is 0.412. The van der Waals surface area contributed by atoms with Gasteiger partial charge in [0.05, 0.1) is 7.11 Å². The number of ether oxygens (including phenoxy) is 1. The topological polar surface area (TPSA) is 96.3 Å². The van der Waals surface area contributed by atoms with Gasteiger partial charge < -0.3 is 25.7 Å². The third kappa shape index (κ3) is 4.73. The van der Waals surface area contributed by atoms with Crippen LogP contribution in [0.4, 0.5) is 11.5 Å². The van der Waals surface area contributed by atoms with Crippen molar-refractivity contribution in [2.75, 3.05) is 37.4 Å². The van der Waals surface area contributed by atoms with Gasteiger partial charge in [0.2, 0.25) is 0 Å². The normalized spacial score (nSPS) is 15.3. The highest BCUT2D eigenvalue weighted by atomic mass is 16.5. The lowest BCUT2D eigenvalue weighted by Gasteiger charge is -2.34. The molecule has 1 fully saturated rings. The molecule has 134 valence electrons. The average molecular weight is 343 g/mol. The largest absolute Gasteiger partial charge is 0.497 e. The molecule has 0 aliphatic carbocycles. The Morgan fingerprint density at radius 1 is 1.32 bits per heavy atom. The zero-order valence-electron chi connectivity index (χ0n) is 14.5. The zero-order valence-corrected chi connectivity index (χ0v) is 14.5. The molecule has 0 radical (unpaired) electrons. The molecule has 0 saturated carbocycles. The van der Waals surface area contributed by atoms with Crippen molar-refractivity contribution in [1.82, 2.24) is 15.3 Å². The number of nitrogen functional groups attached to an aromatic ring is 1. The molecule has 0 spiro atoms. The number of methoxy groups -OCH3 is 1. The number of benzene rings is 1. The van der Waals surface area contributed by atoms with Crippen molar-refractivity contribution < 1.29 is 4.74 Å². The number of piperidine rings is 1. The minimum atomic E-state index is -0.199. The summed E-state index contributed by atoms with van der Waals surface area (Å²) in [4.78, 5) is 20.6. The lowest BCUT2D eigenvalue weighted by atomic mass is 10.0. The molecule has 1 saturated heterocycles. The fraction of sp³-hybridized carbons (Fsp3) is 0.444. The Bertz CT molecular complexity index is 736. The molecule has 2 aromatic rings. The van der Waals surface area contributed by atoms with E-state index in [9.17, 15) is 4.79 Å². The first-order valence-electron chi connectivity index (χ1n) is 8.62. The maximum Gasteiger partial charge on any atom is 0.252 e. The summed E-state index contributed by atoms with van der Waals surface area (Å²) in [6.07, 6.45) is 2.85. The van der Waals surface area contributed by atoms with E-state index in [1.807, 2.05) is 12.1 Å². The highest BCUT2D eigenvalue weighted by Gasteiger charge is 2.19. The van der Waals surface area contributed by atoms with E-state index < -0.39 is 0 Å². The van der Waals surface area contributed by atoms with Crippen LogP contribution in [0.3, 0.4) is 0 Å². The van der Waals surface area contributed by atoms with Gasteiger partial charge in [0.15, 0.2) is 0 Å². The summed E-state index contributed by atoms with van der Waals surface area (Å²) in [5.74, 6) is 1.79. The van der Waals surface area contributed by atoms with E-state index in [1.165, 1.54) is 11.8 Å². The molecule has 4 N–H and O–H groups in total. The van der Waals surface area contributed by atoms with Crippen molar-refractivity contribution >= 4 is 11.5 Å². The average Bonchev–Trinajstić information content (AvgIpc) is 2.62. The molecule has 0 unspecified atom stereocenters. The first-order chi connectivity index (χ1) is 12.1. The fourth-order valence-electron chi connectivity index (χ4n) is 3.18. The van der Waals surface area contributed by atoms with Crippen LogP contribution in [-0.2, 0) is 6.42 Å². The standard InChI is InChI=1S/C18H25N5O2/c1-25-15-4-2-14(3-5-15)23-10-7-13(8-11-23)20-9-6-17-21-16(19)12-18(24)22-17/h2-5,12-13,20H,6-11H2,1H3,(H3,19,21,22,24).